The molecule has 0 saturated carbocycles. The van der Waals surface area contributed by atoms with Crippen LogP contribution in [0.1, 0.15) is 40.5 Å². The molecule has 3 amide bonds. The second-order valence-corrected chi connectivity index (χ2v) is 5.77. The number of alkyl carbamates (subject to hydrolysis) is 1. The Hall–Kier alpha value is -2.32. The van der Waals surface area contributed by atoms with Crippen molar-refractivity contribution in [1.29, 1.82) is 0 Å². The van der Waals surface area contributed by atoms with Gasteiger partial charge in [0.1, 0.15) is 17.7 Å². The SMILES string of the molecule is CC(NC(=O)C(CCC(N)=O)NC(=O)OC(C)(C)C)C(=O)O. The predicted octanol–water partition coefficient (Wildman–Crippen LogP) is -0.265. The van der Waals surface area contributed by atoms with E-state index in [0.29, 0.717) is 0 Å². The highest BCUT2D eigenvalue weighted by molar-refractivity contribution is 5.89. The van der Waals surface area contributed by atoms with E-state index in [2.05, 4.69) is 10.6 Å². The van der Waals surface area contributed by atoms with Crippen LogP contribution in [-0.2, 0) is 19.1 Å². The molecule has 0 rings (SSSR count). The summed E-state index contributed by atoms with van der Waals surface area (Å²) in [6, 6.07) is -2.26. The Bertz CT molecular complexity index is 444. The first-order chi connectivity index (χ1) is 9.92. The summed E-state index contributed by atoms with van der Waals surface area (Å²) in [5.41, 5.74) is 4.25. The second kappa shape index (κ2) is 8.20. The number of carboxylic acid groups (broad SMARTS) is 1. The van der Waals surface area contributed by atoms with Gasteiger partial charge in [-0.1, -0.05) is 0 Å². The zero-order chi connectivity index (χ0) is 17.5. The molecule has 126 valence electrons. The van der Waals surface area contributed by atoms with Crippen molar-refractivity contribution in [1.82, 2.24) is 10.6 Å². The average molecular weight is 317 g/mol. The van der Waals surface area contributed by atoms with Crippen LogP contribution in [0.4, 0.5) is 4.79 Å². The standard InChI is InChI=1S/C13H23N3O6/c1-7(11(19)20)15-10(18)8(5-6-9(14)17)16-12(21)22-13(2,3)4/h7-8H,5-6H2,1-4H3,(H2,14,17)(H,15,18)(H,16,21)(H,19,20). The first kappa shape index (κ1) is 19.7. The molecule has 0 aromatic heterocycles. The first-order valence-corrected chi connectivity index (χ1v) is 6.73. The molecule has 22 heavy (non-hydrogen) atoms. The van der Waals surface area contributed by atoms with Crippen LogP contribution in [0.3, 0.4) is 0 Å². The van der Waals surface area contributed by atoms with Gasteiger partial charge in [-0.3, -0.25) is 14.4 Å². The van der Waals surface area contributed by atoms with Crippen molar-refractivity contribution >= 4 is 23.9 Å². The molecule has 0 aliphatic rings. The molecule has 0 saturated heterocycles. The Labute approximate surface area is 128 Å². The minimum atomic E-state index is -1.22. The molecule has 0 aromatic carbocycles. The van der Waals surface area contributed by atoms with Gasteiger partial charge in [-0.25, -0.2) is 4.79 Å². The van der Waals surface area contributed by atoms with Crippen LogP contribution in [-0.4, -0.2) is 46.7 Å². The third kappa shape index (κ3) is 8.77. The van der Waals surface area contributed by atoms with Crippen LogP contribution < -0.4 is 16.4 Å². The molecule has 0 heterocycles. The van der Waals surface area contributed by atoms with Gasteiger partial charge in [0, 0.05) is 6.42 Å². The second-order valence-electron chi connectivity index (χ2n) is 5.77. The fraction of sp³-hybridized carbons (Fsp3) is 0.692. The maximum Gasteiger partial charge on any atom is 0.408 e. The Kier molecular flexibility index (Phi) is 7.34. The monoisotopic (exact) mass is 317 g/mol. The Balaban J connectivity index is 4.81. The lowest BCUT2D eigenvalue weighted by Crippen LogP contribution is -2.51. The van der Waals surface area contributed by atoms with Crippen molar-refractivity contribution in [3.8, 4) is 0 Å². The van der Waals surface area contributed by atoms with Gasteiger partial charge < -0.3 is 26.2 Å². The maximum absolute atomic E-state index is 12.0. The van der Waals surface area contributed by atoms with Gasteiger partial charge >= 0.3 is 12.1 Å². The Morgan fingerprint density at radius 1 is 1.18 bits per heavy atom. The fourth-order valence-electron chi connectivity index (χ4n) is 1.38. The summed E-state index contributed by atoms with van der Waals surface area (Å²) in [7, 11) is 0. The summed E-state index contributed by atoms with van der Waals surface area (Å²) in [5, 5.41) is 13.3. The third-order valence-electron chi connectivity index (χ3n) is 2.42. The molecule has 0 bridgehead atoms. The summed E-state index contributed by atoms with van der Waals surface area (Å²) < 4.78 is 5.02. The average Bonchev–Trinajstić information content (AvgIpc) is 2.31. The highest BCUT2D eigenvalue weighted by Crippen LogP contribution is 2.08. The molecule has 9 nitrogen and oxygen atoms in total. The van der Waals surface area contributed by atoms with Crippen molar-refractivity contribution < 1.29 is 29.0 Å². The topological polar surface area (TPSA) is 148 Å². The van der Waals surface area contributed by atoms with Gasteiger partial charge in [0.2, 0.25) is 11.8 Å². The van der Waals surface area contributed by atoms with E-state index >= 15 is 0 Å². The highest BCUT2D eigenvalue weighted by atomic mass is 16.6. The molecule has 2 atom stereocenters. The van der Waals surface area contributed by atoms with E-state index in [1.54, 1.807) is 20.8 Å². The van der Waals surface area contributed by atoms with Gasteiger partial charge in [-0.15, -0.1) is 0 Å². The predicted molar refractivity (Wildman–Crippen MR) is 76.8 cm³/mol. The lowest BCUT2D eigenvalue weighted by molar-refractivity contribution is -0.141. The van der Waals surface area contributed by atoms with Gasteiger partial charge in [0.05, 0.1) is 0 Å². The van der Waals surface area contributed by atoms with Crippen LogP contribution in [0, 0.1) is 0 Å². The van der Waals surface area contributed by atoms with E-state index in [0.717, 1.165) is 0 Å². The van der Waals surface area contributed by atoms with Gasteiger partial charge in [-0.2, -0.15) is 0 Å². The number of aliphatic carboxylic acids is 1. The number of nitrogens with one attached hydrogen (secondary N) is 2. The lowest BCUT2D eigenvalue weighted by atomic mass is 10.1. The Morgan fingerprint density at radius 2 is 1.73 bits per heavy atom. The third-order valence-corrected chi connectivity index (χ3v) is 2.42. The van der Waals surface area contributed by atoms with E-state index < -0.39 is 41.6 Å². The van der Waals surface area contributed by atoms with Crippen LogP contribution in [0.25, 0.3) is 0 Å². The number of hydrogen-bond acceptors (Lipinski definition) is 5. The molecular weight excluding hydrogens is 294 g/mol. The van der Waals surface area contributed by atoms with Crippen molar-refractivity contribution in [2.24, 2.45) is 5.73 Å². The summed E-state index contributed by atoms with van der Waals surface area (Å²) in [6.45, 7) is 6.23. The number of ether oxygens (including phenoxy) is 1. The minimum absolute atomic E-state index is 0.0627. The number of rotatable bonds is 7. The molecule has 0 aliphatic carbocycles. The Morgan fingerprint density at radius 3 is 2.14 bits per heavy atom. The highest BCUT2D eigenvalue weighted by Gasteiger charge is 2.26. The minimum Gasteiger partial charge on any atom is -0.480 e. The maximum atomic E-state index is 12.0. The number of carboxylic acids is 1. The van der Waals surface area contributed by atoms with E-state index in [1.807, 2.05) is 0 Å². The number of carbonyl (C=O) groups excluding carboxylic acids is 3. The van der Waals surface area contributed by atoms with Crippen LogP contribution in [0.2, 0.25) is 0 Å². The number of amides is 3. The summed E-state index contributed by atoms with van der Waals surface area (Å²) >= 11 is 0. The summed E-state index contributed by atoms with van der Waals surface area (Å²) in [5.74, 6) is -2.60. The first-order valence-electron chi connectivity index (χ1n) is 6.73. The fourth-order valence-corrected chi connectivity index (χ4v) is 1.38. The number of primary amides is 1. The van der Waals surface area contributed by atoms with Crippen LogP contribution in [0.5, 0.6) is 0 Å². The number of carbonyl (C=O) groups is 4. The lowest BCUT2D eigenvalue weighted by Gasteiger charge is -2.23. The van der Waals surface area contributed by atoms with Gasteiger partial charge in [0.25, 0.3) is 0 Å². The van der Waals surface area contributed by atoms with Crippen molar-refractivity contribution in [2.75, 3.05) is 0 Å². The smallest absolute Gasteiger partial charge is 0.408 e. The van der Waals surface area contributed by atoms with Crippen LogP contribution >= 0.6 is 0 Å². The quantitative estimate of drug-likeness (QED) is 0.508. The number of nitrogens with two attached hydrogens (primary N) is 1. The van der Waals surface area contributed by atoms with E-state index in [9.17, 15) is 19.2 Å². The molecule has 0 aliphatic heterocycles. The van der Waals surface area contributed by atoms with Crippen LogP contribution in [0.15, 0.2) is 0 Å². The molecule has 5 N–H and O–H groups in total. The largest absolute Gasteiger partial charge is 0.480 e. The summed E-state index contributed by atoms with van der Waals surface area (Å²) in [6.07, 6.45) is -1.05. The zero-order valence-electron chi connectivity index (χ0n) is 13.1. The molecule has 0 aromatic rings. The molecule has 0 spiro atoms. The number of hydrogen-bond donors (Lipinski definition) is 4. The molecule has 0 fully saturated rings. The van der Waals surface area contributed by atoms with E-state index in [4.69, 9.17) is 15.6 Å². The van der Waals surface area contributed by atoms with Crippen molar-refractivity contribution in [2.45, 2.75) is 58.2 Å². The van der Waals surface area contributed by atoms with Crippen molar-refractivity contribution in [3.63, 3.8) is 0 Å². The normalized spacial score (nSPS) is 13.6. The molecular formula is C13H23N3O6. The molecule has 9 heteroatoms. The van der Waals surface area contributed by atoms with Crippen molar-refractivity contribution in [3.05, 3.63) is 0 Å². The van der Waals surface area contributed by atoms with E-state index in [1.165, 1.54) is 6.92 Å². The van der Waals surface area contributed by atoms with Gasteiger partial charge in [-0.05, 0) is 34.1 Å². The summed E-state index contributed by atoms with van der Waals surface area (Å²) in [4.78, 5) is 45.2. The van der Waals surface area contributed by atoms with Gasteiger partial charge in [0.15, 0.2) is 0 Å². The molecule has 0 radical (unpaired) electrons. The van der Waals surface area contributed by atoms with E-state index in [-0.39, 0.29) is 12.8 Å². The molecule has 2 unspecified atom stereocenters. The zero-order valence-corrected chi connectivity index (χ0v) is 13.1.